The first-order valence-corrected chi connectivity index (χ1v) is 6.17. The molecule has 0 aliphatic heterocycles. The van der Waals surface area contributed by atoms with E-state index in [4.69, 9.17) is 5.73 Å². The molecule has 5 nitrogen and oxygen atoms in total. The Morgan fingerprint density at radius 3 is 2.83 bits per heavy atom. The highest BCUT2D eigenvalue weighted by Crippen LogP contribution is 2.21. The zero-order valence-corrected chi connectivity index (χ0v) is 10.8. The van der Waals surface area contributed by atoms with E-state index in [-0.39, 0.29) is 0 Å². The van der Waals surface area contributed by atoms with Gasteiger partial charge in [0.15, 0.2) is 0 Å². The van der Waals surface area contributed by atoms with Gasteiger partial charge in [0.25, 0.3) is 0 Å². The lowest BCUT2D eigenvalue weighted by molar-refractivity contribution is 0.746. The fraction of sp³-hybridized carbons (Fsp3) is 0.385. The van der Waals surface area contributed by atoms with Gasteiger partial charge in [0.2, 0.25) is 0 Å². The van der Waals surface area contributed by atoms with Crippen molar-refractivity contribution in [3.05, 3.63) is 35.8 Å². The molecule has 0 radical (unpaired) electrons. The predicted molar refractivity (Wildman–Crippen MR) is 73.4 cm³/mol. The lowest BCUT2D eigenvalue weighted by Crippen LogP contribution is -2.10. The number of nitrogens with two attached hydrogens (primary N) is 1. The van der Waals surface area contributed by atoms with E-state index in [1.54, 1.807) is 4.68 Å². The molecule has 0 aliphatic carbocycles. The SMILES string of the molecule is CCc1nn(C)c(NCCc2ccccn2)c1N. The minimum atomic E-state index is 0.751. The van der Waals surface area contributed by atoms with Crippen LogP contribution in [0.15, 0.2) is 24.4 Å². The standard InChI is InChI=1S/C13H19N5/c1-3-11-12(14)13(18(2)17-11)16-9-7-10-6-4-5-8-15-10/h4-6,8,16H,3,7,9,14H2,1-2H3. The number of rotatable bonds is 5. The van der Waals surface area contributed by atoms with Gasteiger partial charge in [-0.05, 0) is 18.6 Å². The molecule has 0 saturated heterocycles. The largest absolute Gasteiger partial charge is 0.394 e. The molecule has 0 bridgehead atoms. The Morgan fingerprint density at radius 2 is 2.22 bits per heavy atom. The predicted octanol–water partition coefficient (Wildman–Crippen LogP) is 1.61. The van der Waals surface area contributed by atoms with Gasteiger partial charge in [-0.25, -0.2) is 0 Å². The minimum absolute atomic E-state index is 0.751. The number of anilines is 2. The maximum atomic E-state index is 6.03. The number of aryl methyl sites for hydroxylation is 2. The Kier molecular flexibility index (Phi) is 3.82. The van der Waals surface area contributed by atoms with Crippen LogP contribution in [0.25, 0.3) is 0 Å². The van der Waals surface area contributed by atoms with Crippen molar-refractivity contribution in [1.82, 2.24) is 14.8 Å². The quantitative estimate of drug-likeness (QED) is 0.839. The maximum absolute atomic E-state index is 6.03. The van der Waals surface area contributed by atoms with Crippen LogP contribution in [0.3, 0.4) is 0 Å². The fourth-order valence-corrected chi connectivity index (χ4v) is 1.92. The summed E-state index contributed by atoms with van der Waals surface area (Å²) in [5.41, 5.74) is 8.80. The molecule has 96 valence electrons. The summed E-state index contributed by atoms with van der Waals surface area (Å²) in [6.45, 7) is 2.85. The van der Waals surface area contributed by atoms with Gasteiger partial charge in [0.05, 0.1) is 11.4 Å². The van der Waals surface area contributed by atoms with Crippen molar-refractivity contribution >= 4 is 11.5 Å². The molecule has 3 N–H and O–H groups in total. The van der Waals surface area contributed by atoms with Crippen molar-refractivity contribution in [2.75, 3.05) is 17.6 Å². The molecule has 18 heavy (non-hydrogen) atoms. The number of nitrogens with zero attached hydrogens (tertiary/aromatic N) is 3. The fourth-order valence-electron chi connectivity index (χ4n) is 1.92. The van der Waals surface area contributed by atoms with E-state index in [0.29, 0.717) is 0 Å². The lowest BCUT2D eigenvalue weighted by Gasteiger charge is -2.07. The molecule has 0 aromatic carbocycles. The Balaban J connectivity index is 1.96. The van der Waals surface area contributed by atoms with Gasteiger partial charge in [-0.15, -0.1) is 0 Å². The monoisotopic (exact) mass is 245 g/mol. The van der Waals surface area contributed by atoms with Crippen molar-refractivity contribution in [3.63, 3.8) is 0 Å². The molecule has 0 fully saturated rings. The Hall–Kier alpha value is -2.04. The van der Waals surface area contributed by atoms with Crippen LogP contribution >= 0.6 is 0 Å². The molecule has 0 unspecified atom stereocenters. The first kappa shape index (κ1) is 12.4. The summed E-state index contributed by atoms with van der Waals surface area (Å²) in [7, 11) is 1.90. The second-order valence-electron chi connectivity index (χ2n) is 4.18. The summed E-state index contributed by atoms with van der Waals surface area (Å²) >= 11 is 0. The van der Waals surface area contributed by atoms with Crippen molar-refractivity contribution in [1.29, 1.82) is 0 Å². The van der Waals surface area contributed by atoms with E-state index >= 15 is 0 Å². The molecular formula is C13H19N5. The molecule has 2 rings (SSSR count). The third-order valence-electron chi connectivity index (χ3n) is 2.89. The van der Waals surface area contributed by atoms with Crippen LogP contribution in [0.1, 0.15) is 18.3 Å². The maximum Gasteiger partial charge on any atom is 0.147 e. The molecule has 0 aliphatic rings. The van der Waals surface area contributed by atoms with Crippen LogP contribution in [-0.4, -0.2) is 21.3 Å². The van der Waals surface area contributed by atoms with Crippen LogP contribution in [0.2, 0.25) is 0 Å². The topological polar surface area (TPSA) is 68.8 Å². The van der Waals surface area contributed by atoms with Gasteiger partial charge in [-0.3, -0.25) is 9.67 Å². The Labute approximate surface area is 107 Å². The molecule has 0 spiro atoms. The van der Waals surface area contributed by atoms with E-state index in [1.165, 1.54) is 0 Å². The van der Waals surface area contributed by atoms with Gasteiger partial charge in [-0.2, -0.15) is 5.10 Å². The summed E-state index contributed by atoms with van der Waals surface area (Å²) in [4.78, 5) is 4.28. The molecule has 2 heterocycles. The van der Waals surface area contributed by atoms with Crippen LogP contribution in [0, 0.1) is 0 Å². The summed E-state index contributed by atoms with van der Waals surface area (Å²) in [6.07, 6.45) is 3.53. The number of hydrogen-bond acceptors (Lipinski definition) is 4. The third kappa shape index (κ3) is 2.61. The number of hydrogen-bond donors (Lipinski definition) is 2. The highest BCUT2D eigenvalue weighted by molar-refractivity contribution is 5.64. The summed E-state index contributed by atoms with van der Waals surface area (Å²) < 4.78 is 1.80. The van der Waals surface area contributed by atoms with E-state index in [2.05, 4.69) is 22.3 Å². The van der Waals surface area contributed by atoms with Crippen molar-refractivity contribution in [2.24, 2.45) is 7.05 Å². The van der Waals surface area contributed by atoms with Gasteiger partial charge in [0, 0.05) is 31.9 Å². The molecule has 2 aromatic rings. The van der Waals surface area contributed by atoms with E-state index in [1.807, 2.05) is 31.4 Å². The molecule has 0 saturated carbocycles. The van der Waals surface area contributed by atoms with Gasteiger partial charge >= 0.3 is 0 Å². The lowest BCUT2D eigenvalue weighted by atomic mass is 10.2. The van der Waals surface area contributed by atoms with Crippen LogP contribution < -0.4 is 11.1 Å². The van der Waals surface area contributed by atoms with Crippen molar-refractivity contribution in [3.8, 4) is 0 Å². The van der Waals surface area contributed by atoms with Crippen molar-refractivity contribution < 1.29 is 0 Å². The Bertz CT molecular complexity index is 504. The highest BCUT2D eigenvalue weighted by Gasteiger charge is 2.10. The van der Waals surface area contributed by atoms with Gasteiger partial charge < -0.3 is 11.1 Å². The third-order valence-corrected chi connectivity index (χ3v) is 2.89. The van der Waals surface area contributed by atoms with Crippen LogP contribution in [-0.2, 0) is 19.9 Å². The molecule has 5 heteroatoms. The molecule has 2 aromatic heterocycles. The normalized spacial score (nSPS) is 10.6. The van der Waals surface area contributed by atoms with E-state index < -0.39 is 0 Å². The summed E-state index contributed by atoms with van der Waals surface area (Å²) in [5.74, 6) is 0.891. The average Bonchev–Trinajstić information content (AvgIpc) is 2.67. The van der Waals surface area contributed by atoms with E-state index in [9.17, 15) is 0 Å². The smallest absolute Gasteiger partial charge is 0.147 e. The van der Waals surface area contributed by atoms with Gasteiger partial charge in [-0.1, -0.05) is 13.0 Å². The number of aromatic nitrogens is 3. The Morgan fingerprint density at radius 1 is 1.39 bits per heavy atom. The second kappa shape index (κ2) is 5.53. The number of nitrogen functional groups attached to an aromatic ring is 1. The minimum Gasteiger partial charge on any atom is -0.394 e. The first-order chi connectivity index (χ1) is 8.72. The molecular weight excluding hydrogens is 226 g/mol. The number of nitrogens with one attached hydrogen (secondary N) is 1. The molecule has 0 amide bonds. The first-order valence-electron chi connectivity index (χ1n) is 6.17. The van der Waals surface area contributed by atoms with Gasteiger partial charge in [0.1, 0.15) is 5.82 Å². The summed E-state index contributed by atoms with van der Waals surface area (Å²) in [6, 6.07) is 5.94. The van der Waals surface area contributed by atoms with Crippen LogP contribution in [0.5, 0.6) is 0 Å². The van der Waals surface area contributed by atoms with Crippen molar-refractivity contribution in [2.45, 2.75) is 19.8 Å². The summed E-state index contributed by atoms with van der Waals surface area (Å²) in [5, 5.41) is 7.69. The average molecular weight is 245 g/mol. The van der Waals surface area contributed by atoms with E-state index in [0.717, 1.165) is 42.3 Å². The zero-order valence-electron chi connectivity index (χ0n) is 10.8. The molecule has 0 atom stereocenters. The number of pyridine rings is 1. The van der Waals surface area contributed by atoms with Crippen LogP contribution in [0.4, 0.5) is 11.5 Å². The second-order valence-corrected chi connectivity index (χ2v) is 4.18. The zero-order chi connectivity index (χ0) is 13.0. The highest BCUT2D eigenvalue weighted by atomic mass is 15.3.